The summed E-state index contributed by atoms with van der Waals surface area (Å²) in [5.74, 6) is 2.26. The minimum atomic E-state index is 0.294. The molecular formula is C55H68N4. The molecule has 0 aliphatic rings. The predicted molar refractivity (Wildman–Crippen MR) is 254 cm³/mol. The van der Waals surface area contributed by atoms with E-state index in [1.54, 1.807) is 0 Å². The lowest BCUT2D eigenvalue weighted by atomic mass is 9.88. The van der Waals surface area contributed by atoms with Crippen LogP contribution in [0.3, 0.4) is 0 Å². The molecule has 0 spiro atoms. The van der Waals surface area contributed by atoms with Crippen molar-refractivity contribution in [2.45, 2.75) is 151 Å². The molecule has 2 heterocycles. The van der Waals surface area contributed by atoms with Crippen molar-refractivity contribution >= 4 is 21.8 Å². The summed E-state index contributed by atoms with van der Waals surface area (Å²) in [4.78, 5) is 5.19. The van der Waals surface area contributed by atoms with Gasteiger partial charge in [-0.3, -0.25) is 0 Å². The second-order valence-corrected chi connectivity index (χ2v) is 17.7. The highest BCUT2D eigenvalue weighted by Gasteiger charge is 2.24. The Balaban J connectivity index is 1.34. The van der Waals surface area contributed by atoms with Gasteiger partial charge in [0, 0.05) is 22.0 Å². The van der Waals surface area contributed by atoms with Crippen molar-refractivity contribution < 1.29 is 0 Å². The van der Waals surface area contributed by atoms with Gasteiger partial charge in [0.1, 0.15) is 5.82 Å². The third-order valence-electron chi connectivity index (χ3n) is 12.4. The fourth-order valence-corrected chi connectivity index (χ4v) is 8.94. The van der Waals surface area contributed by atoms with Crippen molar-refractivity contribution in [3.8, 4) is 33.9 Å². The molecule has 0 aliphatic heterocycles. The topological polar surface area (TPSA) is 35.6 Å². The van der Waals surface area contributed by atoms with Crippen LogP contribution in [-0.2, 0) is 19.3 Å². The van der Waals surface area contributed by atoms with Crippen molar-refractivity contribution in [1.29, 1.82) is 0 Å². The van der Waals surface area contributed by atoms with E-state index in [1.807, 2.05) is 6.92 Å². The number of aryl methyl sites for hydroxylation is 4. The lowest BCUT2D eigenvalue weighted by Gasteiger charge is -2.23. The quantitative estimate of drug-likeness (QED) is 0.0766. The van der Waals surface area contributed by atoms with Crippen LogP contribution in [0.4, 0.5) is 0 Å². The molecule has 0 saturated carbocycles. The first-order valence-corrected chi connectivity index (χ1v) is 23.1. The first-order valence-electron chi connectivity index (χ1n) is 23.1. The van der Waals surface area contributed by atoms with Crippen LogP contribution < -0.4 is 0 Å². The van der Waals surface area contributed by atoms with E-state index in [4.69, 9.17) is 10.1 Å². The summed E-state index contributed by atoms with van der Waals surface area (Å²) >= 11 is 0. The molecule has 308 valence electrons. The van der Waals surface area contributed by atoms with Crippen molar-refractivity contribution in [2.24, 2.45) is 0 Å². The van der Waals surface area contributed by atoms with Gasteiger partial charge in [0.05, 0.1) is 16.7 Å². The summed E-state index contributed by atoms with van der Waals surface area (Å²) in [6, 6.07) is 37.5. The molecule has 0 N–H and O–H groups in total. The van der Waals surface area contributed by atoms with Gasteiger partial charge < -0.3 is 4.57 Å². The second kappa shape index (κ2) is 19.4. The Morgan fingerprint density at radius 2 is 1.00 bits per heavy atom. The van der Waals surface area contributed by atoms with E-state index in [0.29, 0.717) is 11.8 Å². The number of rotatable bonds is 19. The lowest BCUT2D eigenvalue weighted by Crippen LogP contribution is -2.10. The van der Waals surface area contributed by atoms with Crippen molar-refractivity contribution in [3.05, 3.63) is 131 Å². The van der Waals surface area contributed by atoms with Crippen LogP contribution in [0.2, 0.25) is 0 Å². The minimum absolute atomic E-state index is 0.294. The van der Waals surface area contributed by atoms with E-state index in [0.717, 1.165) is 36.5 Å². The number of hydrogen-bond donors (Lipinski definition) is 0. The molecule has 0 atom stereocenters. The summed E-state index contributed by atoms with van der Waals surface area (Å²) in [5.41, 5.74) is 15.3. The first-order chi connectivity index (χ1) is 28.7. The monoisotopic (exact) mass is 785 g/mol. The van der Waals surface area contributed by atoms with Crippen LogP contribution in [0, 0.1) is 6.92 Å². The van der Waals surface area contributed by atoms with E-state index in [9.17, 15) is 0 Å². The summed E-state index contributed by atoms with van der Waals surface area (Å²) in [7, 11) is 0. The molecule has 0 aliphatic carbocycles. The zero-order chi connectivity index (χ0) is 41.5. The molecule has 4 nitrogen and oxygen atoms in total. The van der Waals surface area contributed by atoms with Gasteiger partial charge in [-0.15, -0.1) is 0 Å². The van der Waals surface area contributed by atoms with Crippen LogP contribution in [0.25, 0.3) is 55.7 Å². The minimum Gasteiger partial charge on any atom is -0.309 e. The smallest absolute Gasteiger partial charge is 0.163 e. The van der Waals surface area contributed by atoms with E-state index >= 15 is 0 Å². The SMILES string of the molecule is CCCCCCc1ccc(-c2cc(C(C)C)c(-n3nc(C)nc3-c3ccc4c(c3)c3cc(CCCCCC)ccc3n4-c3ccc(CCCC)cc3)c(C(C)C)c2)cc1. The first kappa shape index (κ1) is 42.2. The highest BCUT2D eigenvalue weighted by Crippen LogP contribution is 2.40. The van der Waals surface area contributed by atoms with Crippen LogP contribution in [0.5, 0.6) is 0 Å². The van der Waals surface area contributed by atoms with E-state index in [-0.39, 0.29) is 0 Å². The molecule has 7 rings (SSSR count). The molecule has 0 amide bonds. The fourth-order valence-electron chi connectivity index (χ4n) is 8.94. The molecule has 7 aromatic rings. The Bertz CT molecular complexity index is 2430. The normalized spacial score (nSPS) is 11.9. The number of fused-ring (bicyclic) bond motifs is 3. The molecule has 4 heteroatoms. The van der Waals surface area contributed by atoms with Gasteiger partial charge >= 0.3 is 0 Å². The third-order valence-corrected chi connectivity index (χ3v) is 12.4. The number of nitrogens with zero attached hydrogens (tertiary/aromatic N) is 4. The fraction of sp³-hybridized carbons (Fsp3) is 0.418. The lowest BCUT2D eigenvalue weighted by molar-refractivity contribution is 0.667. The number of hydrogen-bond acceptors (Lipinski definition) is 2. The van der Waals surface area contributed by atoms with Crippen LogP contribution in [0.1, 0.15) is 158 Å². The largest absolute Gasteiger partial charge is 0.309 e. The number of benzene rings is 5. The predicted octanol–water partition coefficient (Wildman–Crippen LogP) is 15.8. The van der Waals surface area contributed by atoms with Crippen molar-refractivity contribution in [2.75, 3.05) is 0 Å². The van der Waals surface area contributed by atoms with Gasteiger partial charge in [-0.1, -0.05) is 136 Å². The second-order valence-electron chi connectivity index (χ2n) is 17.7. The maximum atomic E-state index is 5.19. The number of unbranched alkanes of at least 4 members (excludes halogenated alkanes) is 7. The molecule has 0 fully saturated rings. The summed E-state index contributed by atoms with van der Waals surface area (Å²) in [5, 5.41) is 7.74. The summed E-state index contributed by atoms with van der Waals surface area (Å²) in [6.07, 6.45) is 16.0. The maximum absolute atomic E-state index is 5.19. The highest BCUT2D eigenvalue weighted by molar-refractivity contribution is 6.10. The average molecular weight is 785 g/mol. The van der Waals surface area contributed by atoms with Crippen LogP contribution >= 0.6 is 0 Å². The van der Waals surface area contributed by atoms with Crippen LogP contribution in [-0.4, -0.2) is 19.3 Å². The van der Waals surface area contributed by atoms with Gasteiger partial charge in [-0.25, -0.2) is 9.67 Å². The molecule has 2 aromatic heterocycles. The van der Waals surface area contributed by atoms with E-state index < -0.39 is 0 Å². The van der Waals surface area contributed by atoms with Gasteiger partial charge in [0.15, 0.2) is 5.82 Å². The Hall–Kier alpha value is -4.96. The van der Waals surface area contributed by atoms with Crippen molar-refractivity contribution in [3.63, 3.8) is 0 Å². The van der Waals surface area contributed by atoms with Crippen LogP contribution in [0.15, 0.2) is 97.1 Å². The standard InChI is InChI=1S/C55H68N4/c1-9-12-15-17-20-42-22-27-44(28-23-42)46-36-48(38(4)5)54(49(37-46)39(6)7)59-55(56-40(8)57-59)45-29-33-53-51(35-45)50-34-43(21-18-16-13-10-2)26-32-52(50)58(53)47-30-24-41(25-31-47)19-14-11-3/h22-39H,9-21H2,1-8H3. The zero-order valence-electron chi connectivity index (χ0n) is 37.4. The Kier molecular flexibility index (Phi) is 13.9. The summed E-state index contributed by atoms with van der Waals surface area (Å²) < 4.78 is 4.62. The number of aromatic nitrogens is 4. The highest BCUT2D eigenvalue weighted by atomic mass is 15.4. The molecule has 0 unspecified atom stereocenters. The van der Waals surface area contributed by atoms with Crippen molar-refractivity contribution in [1.82, 2.24) is 19.3 Å². The Morgan fingerprint density at radius 3 is 1.59 bits per heavy atom. The Morgan fingerprint density at radius 1 is 0.492 bits per heavy atom. The maximum Gasteiger partial charge on any atom is 0.163 e. The average Bonchev–Trinajstić information content (AvgIpc) is 3.79. The van der Waals surface area contributed by atoms with Gasteiger partial charge in [0.25, 0.3) is 0 Å². The van der Waals surface area contributed by atoms with Gasteiger partial charge in [-0.05, 0) is 151 Å². The third kappa shape index (κ3) is 9.43. The van der Waals surface area contributed by atoms with E-state index in [1.165, 1.54) is 136 Å². The summed E-state index contributed by atoms with van der Waals surface area (Å²) in [6.45, 7) is 18.1. The molecule has 0 radical (unpaired) electrons. The van der Waals surface area contributed by atoms with E-state index in [2.05, 4.69) is 155 Å². The molecule has 5 aromatic carbocycles. The van der Waals surface area contributed by atoms with Gasteiger partial charge in [-0.2, -0.15) is 5.10 Å². The molecule has 59 heavy (non-hydrogen) atoms. The molecule has 0 bridgehead atoms. The zero-order valence-corrected chi connectivity index (χ0v) is 37.4. The van der Waals surface area contributed by atoms with Gasteiger partial charge in [0.2, 0.25) is 0 Å². The molecular weight excluding hydrogens is 717 g/mol. The molecule has 0 saturated heterocycles. The Labute approximate surface area is 355 Å².